The molecule has 0 bridgehead atoms. The van der Waals surface area contributed by atoms with E-state index in [1.54, 1.807) is 29.8 Å². The van der Waals surface area contributed by atoms with Gasteiger partial charge < -0.3 is 5.11 Å². The van der Waals surface area contributed by atoms with Crippen LogP contribution in [0.3, 0.4) is 0 Å². The van der Waals surface area contributed by atoms with E-state index in [1.807, 2.05) is 35.7 Å². The van der Waals surface area contributed by atoms with Crippen LogP contribution in [-0.4, -0.2) is 20.1 Å². The Morgan fingerprint density at radius 3 is 2.55 bits per heavy atom. The summed E-state index contributed by atoms with van der Waals surface area (Å²) in [7, 11) is 0. The Bertz CT molecular complexity index is 670. The fourth-order valence-electron chi connectivity index (χ4n) is 1.89. The average Bonchev–Trinajstić information content (AvgIpc) is 2.97. The van der Waals surface area contributed by atoms with Gasteiger partial charge in [0.05, 0.1) is 10.7 Å². The quantitative estimate of drug-likeness (QED) is 0.800. The molecule has 20 heavy (non-hydrogen) atoms. The Hall–Kier alpha value is -2.11. The second-order valence-corrected chi connectivity index (χ2v) is 5.26. The van der Waals surface area contributed by atoms with Crippen LogP contribution in [0, 0.1) is 0 Å². The van der Waals surface area contributed by atoms with Gasteiger partial charge in [0.25, 0.3) is 0 Å². The smallest absolute Gasteiger partial charge is 0.157 e. The zero-order valence-electron chi connectivity index (χ0n) is 10.7. The normalized spacial score (nSPS) is 12.2. The van der Waals surface area contributed by atoms with E-state index in [2.05, 4.69) is 15.0 Å². The van der Waals surface area contributed by atoms with E-state index in [0.29, 0.717) is 12.2 Å². The van der Waals surface area contributed by atoms with Gasteiger partial charge in [-0.1, -0.05) is 30.3 Å². The second kappa shape index (κ2) is 5.90. The molecule has 0 fully saturated rings. The van der Waals surface area contributed by atoms with E-state index in [1.165, 1.54) is 0 Å². The summed E-state index contributed by atoms with van der Waals surface area (Å²) in [5.41, 5.74) is 2.02. The van der Waals surface area contributed by atoms with Gasteiger partial charge in [-0.2, -0.15) is 0 Å². The van der Waals surface area contributed by atoms with Crippen molar-refractivity contribution in [1.82, 2.24) is 15.0 Å². The Labute approximate surface area is 120 Å². The Morgan fingerprint density at radius 1 is 1.05 bits per heavy atom. The highest BCUT2D eigenvalue weighted by Gasteiger charge is 2.14. The van der Waals surface area contributed by atoms with Crippen LogP contribution in [0.5, 0.6) is 0 Å². The summed E-state index contributed by atoms with van der Waals surface area (Å²) in [5, 5.41) is 13.0. The standard InChI is InChI=1S/C15H13N3OS/c19-13(15-16-7-4-8-17-15)9-14-18-12(10-20-14)11-5-2-1-3-6-11/h1-8,10,13,19H,9H2. The summed E-state index contributed by atoms with van der Waals surface area (Å²) in [6.45, 7) is 0. The molecule has 0 radical (unpaired) electrons. The van der Waals surface area contributed by atoms with Crippen molar-refractivity contribution in [2.75, 3.05) is 0 Å². The first-order valence-corrected chi connectivity index (χ1v) is 7.16. The maximum absolute atomic E-state index is 10.1. The summed E-state index contributed by atoms with van der Waals surface area (Å²) < 4.78 is 0. The number of nitrogens with zero attached hydrogens (tertiary/aromatic N) is 3. The largest absolute Gasteiger partial charge is 0.385 e. The topological polar surface area (TPSA) is 58.9 Å². The molecular formula is C15H13N3OS. The zero-order chi connectivity index (χ0) is 13.8. The first-order chi connectivity index (χ1) is 9.83. The highest BCUT2D eigenvalue weighted by atomic mass is 32.1. The molecule has 0 aliphatic rings. The Kier molecular flexibility index (Phi) is 3.80. The van der Waals surface area contributed by atoms with Gasteiger partial charge in [0.15, 0.2) is 5.82 Å². The number of thiazole rings is 1. The molecule has 3 rings (SSSR count). The van der Waals surface area contributed by atoms with Crippen LogP contribution < -0.4 is 0 Å². The molecular weight excluding hydrogens is 270 g/mol. The minimum absolute atomic E-state index is 0.432. The molecule has 1 atom stereocenters. The van der Waals surface area contributed by atoms with E-state index in [0.717, 1.165) is 16.3 Å². The van der Waals surface area contributed by atoms with Crippen molar-refractivity contribution in [3.05, 3.63) is 65.0 Å². The van der Waals surface area contributed by atoms with Gasteiger partial charge in [0.2, 0.25) is 0 Å². The third-order valence-corrected chi connectivity index (χ3v) is 3.74. The Morgan fingerprint density at radius 2 is 1.80 bits per heavy atom. The average molecular weight is 283 g/mol. The van der Waals surface area contributed by atoms with Gasteiger partial charge in [-0.3, -0.25) is 0 Å². The van der Waals surface area contributed by atoms with Crippen molar-refractivity contribution in [2.45, 2.75) is 12.5 Å². The number of benzene rings is 1. The molecule has 1 unspecified atom stereocenters. The molecule has 3 aromatic rings. The highest BCUT2D eigenvalue weighted by Crippen LogP contribution is 2.24. The lowest BCUT2D eigenvalue weighted by molar-refractivity contribution is 0.168. The number of hydrogen-bond donors (Lipinski definition) is 1. The van der Waals surface area contributed by atoms with Crippen molar-refractivity contribution >= 4 is 11.3 Å². The molecule has 4 nitrogen and oxygen atoms in total. The molecule has 100 valence electrons. The third kappa shape index (κ3) is 2.89. The molecule has 5 heteroatoms. The van der Waals surface area contributed by atoms with Gasteiger partial charge in [-0.15, -0.1) is 11.3 Å². The van der Waals surface area contributed by atoms with Crippen molar-refractivity contribution in [2.24, 2.45) is 0 Å². The minimum Gasteiger partial charge on any atom is -0.385 e. The fourth-order valence-corrected chi connectivity index (χ4v) is 2.73. The molecule has 0 amide bonds. The first-order valence-electron chi connectivity index (χ1n) is 6.28. The van der Waals surface area contributed by atoms with Crippen LogP contribution in [0.15, 0.2) is 54.2 Å². The minimum atomic E-state index is -0.717. The summed E-state index contributed by atoms with van der Waals surface area (Å²) in [6.07, 6.45) is 2.97. The van der Waals surface area contributed by atoms with Crippen molar-refractivity contribution in [1.29, 1.82) is 0 Å². The predicted octanol–water partition coefficient (Wildman–Crippen LogP) is 2.88. The van der Waals surface area contributed by atoms with E-state index in [4.69, 9.17) is 0 Å². The summed E-state index contributed by atoms with van der Waals surface area (Å²) in [4.78, 5) is 12.7. The summed E-state index contributed by atoms with van der Waals surface area (Å²) >= 11 is 1.54. The lowest BCUT2D eigenvalue weighted by Crippen LogP contribution is -2.05. The van der Waals surface area contributed by atoms with Crippen molar-refractivity contribution in [3.63, 3.8) is 0 Å². The van der Waals surface area contributed by atoms with E-state index < -0.39 is 6.10 Å². The van der Waals surface area contributed by atoms with Gasteiger partial charge in [-0.05, 0) is 6.07 Å². The van der Waals surface area contributed by atoms with Crippen LogP contribution in [0.4, 0.5) is 0 Å². The van der Waals surface area contributed by atoms with Gasteiger partial charge in [0, 0.05) is 29.8 Å². The predicted molar refractivity (Wildman–Crippen MR) is 78.2 cm³/mol. The van der Waals surface area contributed by atoms with E-state index in [-0.39, 0.29) is 0 Å². The summed E-state index contributed by atoms with van der Waals surface area (Å²) in [6, 6.07) is 11.7. The van der Waals surface area contributed by atoms with E-state index >= 15 is 0 Å². The van der Waals surface area contributed by atoms with Crippen LogP contribution >= 0.6 is 11.3 Å². The number of aromatic nitrogens is 3. The van der Waals surface area contributed by atoms with Crippen LogP contribution in [-0.2, 0) is 6.42 Å². The molecule has 1 N–H and O–H groups in total. The zero-order valence-corrected chi connectivity index (χ0v) is 11.5. The molecule has 0 saturated heterocycles. The van der Waals surface area contributed by atoms with Gasteiger partial charge in [0.1, 0.15) is 6.10 Å². The number of hydrogen-bond acceptors (Lipinski definition) is 5. The molecule has 0 spiro atoms. The number of aliphatic hydroxyl groups excluding tert-OH is 1. The number of aliphatic hydroxyl groups is 1. The second-order valence-electron chi connectivity index (χ2n) is 4.32. The monoisotopic (exact) mass is 283 g/mol. The number of rotatable bonds is 4. The SMILES string of the molecule is OC(Cc1nc(-c2ccccc2)cs1)c1ncccn1. The molecule has 0 aliphatic carbocycles. The van der Waals surface area contributed by atoms with Crippen LogP contribution in [0.2, 0.25) is 0 Å². The van der Waals surface area contributed by atoms with Gasteiger partial charge >= 0.3 is 0 Å². The van der Waals surface area contributed by atoms with E-state index in [9.17, 15) is 5.11 Å². The van der Waals surface area contributed by atoms with Crippen LogP contribution in [0.1, 0.15) is 16.9 Å². The molecule has 0 aliphatic heterocycles. The lowest BCUT2D eigenvalue weighted by Gasteiger charge is -2.05. The summed E-state index contributed by atoms with van der Waals surface area (Å²) in [5.74, 6) is 0.434. The fraction of sp³-hybridized carbons (Fsp3) is 0.133. The molecule has 2 aromatic heterocycles. The third-order valence-electron chi connectivity index (χ3n) is 2.87. The highest BCUT2D eigenvalue weighted by molar-refractivity contribution is 7.09. The Balaban J connectivity index is 1.75. The maximum Gasteiger partial charge on any atom is 0.157 e. The van der Waals surface area contributed by atoms with Gasteiger partial charge in [-0.25, -0.2) is 15.0 Å². The van der Waals surface area contributed by atoms with Crippen molar-refractivity contribution < 1.29 is 5.11 Å². The molecule has 0 saturated carbocycles. The van der Waals surface area contributed by atoms with Crippen molar-refractivity contribution in [3.8, 4) is 11.3 Å². The molecule has 1 aromatic carbocycles. The first kappa shape index (κ1) is 12.9. The molecule has 2 heterocycles. The maximum atomic E-state index is 10.1. The van der Waals surface area contributed by atoms with Crippen LogP contribution in [0.25, 0.3) is 11.3 Å². The lowest BCUT2D eigenvalue weighted by atomic mass is 10.2.